The van der Waals surface area contributed by atoms with Crippen molar-refractivity contribution < 1.29 is 18.1 Å². The van der Waals surface area contributed by atoms with E-state index in [4.69, 9.17) is 12.2 Å². The number of nitrogens with one attached hydrogen (secondary N) is 2. The van der Waals surface area contributed by atoms with Crippen molar-refractivity contribution >= 4 is 44.6 Å². The number of rotatable bonds is 8. The second-order valence-electron chi connectivity index (χ2n) is 9.90. The SMILES string of the molecule is O=C(NC(=S)Nc1ccc(S(=O)(=O)N2CCN(C(c3ccccc3)c3ccccc3)CC2)cc1)c1ccc([N+](=O)[O-])cc1. The monoisotopic (exact) mass is 615 g/mol. The highest BCUT2D eigenvalue weighted by Crippen LogP contribution is 2.30. The fourth-order valence-electron chi connectivity index (χ4n) is 5.02. The Balaban J connectivity index is 1.19. The third kappa shape index (κ3) is 7.12. The molecule has 0 aliphatic carbocycles. The molecule has 0 aromatic heterocycles. The zero-order valence-corrected chi connectivity index (χ0v) is 24.6. The van der Waals surface area contributed by atoms with Gasteiger partial charge in [-0.2, -0.15) is 4.31 Å². The smallest absolute Gasteiger partial charge is 0.269 e. The Morgan fingerprint density at radius 3 is 1.84 bits per heavy atom. The molecule has 2 N–H and O–H groups in total. The third-order valence-corrected chi connectivity index (χ3v) is 9.30. The second-order valence-corrected chi connectivity index (χ2v) is 12.2. The Morgan fingerprint density at radius 2 is 1.33 bits per heavy atom. The number of non-ortho nitro benzene ring substituents is 1. The minimum atomic E-state index is -3.72. The summed E-state index contributed by atoms with van der Waals surface area (Å²) in [4.78, 5) is 25.1. The Hall–Kier alpha value is -4.49. The van der Waals surface area contributed by atoms with Crippen LogP contribution in [0.25, 0.3) is 0 Å². The fraction of sp³-hybridized carbons (Fsp3) is 0.161. The molecule has 1 fully saturated rings. The number of hydrogen-bond acceptors (Lipinski definition) is 7. The van der Waals surface area contributed by atoms with Gasteiger partial charge < -0.3 is 5.32 Å². The molecule has 4 aromatic carbocycles. The standard InChI is InChI=1S/C31H29N5O5S2/c37-30(25-11-15-27(16-12-25)36(38)39)33-31(42)32-26-13-17-28(18-14-26)43(40,41)35-21-19-34(20-22-35)29(23-7-3-1-4-8-23)24-9-5-2-6-10-24/h1-18,29H,19-22H2,(H2,32,33,37,42). The van der Waals surface area contributed by atoms with E-state index in [1.807, 2.05) is 36.4 Å². The number of amides is 1. The van der Waals surface area contributed by atoms with E-state index in [-0.39, 0.29) is 27.3 Å². The number of sulfonamides is 1. The predicted octanol–water partition coefficient (Wildman–Crippen LogP) is 4.82. The number of piperazine rings is 1. The molecule has 10 nitrogen and oxygen atoms in total. The highest BCUT2D eigenvalue weighted by Gasteiger charge is 2.32. The summed E-state index contributed by atoms with van der Waals surface area (Å²) in [6, 6.07) is 31.8. The topological polar surface area (TPSA) is 125 Å². The van der Waals surface area contributed by atoms with Gasteiger partial charge in [0.1, 0.15) is 0 Å². The highest BCUT2D eigenvalue weighted by atomic mass is 32.2. The van der Waals surface area contributed by atoms with Crippen LogP contribution < -0.4 is 10.6 Å². The molecule has 1 heterocycles. The summed E-state index contributed by atoms with van der Waals surface area (Å²) in [7, 11) is -3.72. The molecular weight excluding hydrogens is 587 g/mol. The number of nitro benzene ring substituents is 1. The lowest BCUT2D eigenvalue weighted by molar-refractivity contribution is -0.384. The first kappa shape index (κ1) is 30.0. The normalized spacial score (nSPS) is 14.3. The number of anilines is 1. The molecule has 5 rings (SSSR count). The molecule has 4 aromatic rings. The van der Waals surface area contributed by atoms with Gasteiger partial charge in [0.2, 0.25) is 10.0 Å². The summed E-state index contributed by atoms with van der Waals surface area (Å²) in [5.74, 6) is -0.535. The van der Waals surface area contributed by atoms with E-state index < -0.39 is 20.9 Å². The molecule has 0 spiro atoms. The van der Waals surface area contributed by atoms with Crippen LogP contribution in [0.1, 0.15) is 27.5 Å². The Labute approximate surface area is 255 Å². The lowest BCUT2D eigenvalue weighted by Gasteiger charge is -2.39. The van der Waals surface area contributed by atoms with Gasteiger partial charge in [-0.25, -0.2) is 8.42 Å². The molecule has 12 heteroatoms. The number of carbonyl (C=O) groups is 1. The van der Waals surface area contributed by atoms with Crippen LogP contribution in [-0.4, -0.2) is 59.7 Å². The quantitative estimate of drug-likeness (QED) is 0.164. The van der Waals surface area contributed by atoms with Crippen LogP contribution in [-0.2, 0) is 10.0 Å². The first-order valence-electron chi connectivity index (χ1n) is 13.5. The summed E-state index contributed by atoms with van der Waals surface area (Å²) in [5.41, 5.74) is 2.89. The molecule has 0 unspecified atom stereocenters. The van der Waals surface area contributed by atoms with E-state index in [2.05, 4.69) is 39.8 Å². The maximum absolute atomic E-state index is 13.5. The molecule has 0 bridgehead atoms. The van der Waals surface area contributed by atoms with E-state index >= 15 is 0 Å². The molecule has 0 saturated carbocycles. The van der Waals surface area contributed by atoms with Crippen LogP contribution in [0.5, 0.6) is 0 Å². The number of thiocarbonyl (C=S) groups is 1. The summed E-state index contributed by atoms with van der Waals surface area (Å²) in [6.07, 6.45) is 0. The molecule has 220 valence electrons. The molecule has 43 heavy (non-hydrogen) atoms. The predicted molar refractivity (Wildman–Crippen MR) is 168 cm³/mol. The van der Waals surface area contributed by atoms with Gasteiger partial charge in [-0.3, -0.25) is 25.1 Å². The van der Waals surface area contributed by atoms with Crippen LogP contribution in [0.3, 0.4) is 0 Å². The van der Waals surface area contributed by atoms with Gasteiger partial charge in [0.05, 0.1) is 15.9 Å². The molecule has 1 aliphatic rings. The van der Waals surface area contributed by atoms with Crippen LogP contribution in [0.2, 0.25) is 0 Å². The zero-order chi connectivity index (χ0) is 30.4. The third-order valence-electron chi connectivity index (χ3n) is 7.19. The lowest BCUT2D eigenvalue weighted by Crippen LogP contribution is -2.49. The second kappa shape index (κ2) is 13.2. The van der Waals surface area contributed by atoms with Crippen molar-refractivity contribution in [3.8, 4) is 0 Å². The van der Waals surface area contributed by atoms with E-state index in [1.165, 1.54) is 40.7 Å². The Bertz CT molecular complexity index is 1650. The summed E-state index contributed by atoms with van der Waals surface area (Å²) in [6.45, 7) is 1.88. The maximum Gasteiger partial charge on any atom is 0.269 e. The average molecular weight is 616 g/mol. The average Bonchev–Trinajstić information content (AvgIpc) is 3.03. The van der Waals surface area contributed by atoms with Gasteiger partial charge in [-0.05, 0) is 59.7 Å². The first-order valence-corrected chi connectivity index (χ1v) is 15.4. The Kier molecular flexibility index (Phi) is 9.22. The molecular formula is C31H29N5O5S2. The number of hydrogen-bond donors (Lipinski definition) is 2. The van der Waals surface area contributed by atoms with E-state index in [9.17, 15) is 23.3 Å². The van der Waals surface area contributed by atoms with Gasteiger partial charge in [-0.1, -0.05) is 60.7 Å². The van der Waals surface area contributed by atoms with Crippen molar-refractivity contribution in [2.24, 2.45) is 0 Å². The molecule has 1 saturated heterocycles. The van der Waals surface area contributed by atoms with Crippen molar-refractivity contribution in [3.05, 3.63) is 136 Å². The Morgan fingerprint density at radius 1 is 0.791 bits per heavy atom. The van der Waals surface area contributed by atoms with E-state index in [1.54, 1.807) is 12.1 Å². The summed E-state index contributed by atoms with van der Waals surface area (Å²) >= 11 is 5.21. The number of nitro groups is 1. The minimum Gasteiger partial charge on any atom is -0.332 e. The first-order chi connectivity index (χ1) is 20.7. The summed E-state index contributed by atoms with van der Waals surface area (Å²) in [5, 5.41) is 16.2. The van der Waals surface area contributed by atoms with Crippen molar-refractivity contribution in [2.75, 3.05) is 31.5 Å². The van der Waals surface area contributed by atoms with E-state index in [0.29, 0.717) is 31.9 Å². The number of carbonyl (C=O) groups excluding carboxylic acids is 1. The molecule has 0 atom stereocenters. The highest BCUT2D eigenvalue weighted by molar-refractivity contribution is 7.89. The van der Waals surface area contributed by atoms with Crippen LogP contribution in [0.15, 0.2) is 114 Å². The largest absolute Gasteiger partial charge is 0.332 e. The zero-order valence-electron chi connectivity index (χ0n) is 23.0. The van der Waals surface area contributed by atoms with Crippen LogP contribution >= 0.6 is 12.2 Å². The number of nitrogens with zero attached hydrogens (tertiary/aromatic N) is 3. The molecule has 1 amide bonds. The van der Waals surface area contributed by atoms with E-state index in [0.717, 1.165) is 11.1 Å². The van der Waals surface area contributed by atoms with Crippen LogP contribution in [0.4, 0.5) is 11.4 Å². The van der Waals surface area contributed by atoms with Gasteiger partial charge in [0.25, 0.3) is 11.6 Å². The molecule has 0 radical (unpaired) electrons. The lowest BCUT2D eigenvalue weighted by atomic mass is 9.96. The van der Waals surface area contributed by atoms with Gasteiger partial charge in [0.15, 0.2) is 5.11 Å². The summed E-state index contributed by atoms with van der Waals surface area (Å²) < 4.78 is 28.4. The van der Waals surface area contributed by atoms with Crippen molar-refractivity contribution in [2.45, 2.75) is 10.9 Å². The van der Waals surface area contributed by atoms with Crippen molar-refractivity contribution in [1.82, 2.24) is 14.5 Å². The van der Waals surface area contributed by atoms with Crippen molar-refractivity contribution in [1.29, 1.82) is 0 Å². The van der Waals surface area contributed by atoms with Crippen molar-refractivity contribution in [3.63, 3.8) is 0 Å². The minimum absolute atomic E-state index is 0.00136. The maximum atomic E-state index is 13.5. The van der Waals surface area contributed by atoms with Gasteiger partial charge in [-0.15, -0.1) is 0 Å². The van der Waals surface area contributed by atoms with Gasteiger partial charge in [0, 0.05) is 49.6 Å². The molecule has 1 aliphatic heterocycles. The fourth-order valence-corrected chi connectivity index (χ4v) is 6.65. The number of benzene rings is 4. The van der Waals surface area contributed by atoms with Gasteiger partial charge >= 0.3 is 0 Å². The van der Waals surface area contributed by atoms with Crippen LogP contribution in [0, 0.1) is 10.1 Å².